The van der Waals surface area contributed by atoms with Crippen LogP contribution in [0.1, 0.15) is 38.7 Å². The standard InChI is InChI=1S/C15H24N2/c1-3-4-13-5-7-15(8-6-13)17-10-9-14(16)11-12(17)2/h5-8,12,14H,3-4,9-11,16H2,1-2H3. The third-order valence-electron chi connectivity index (χ3n) is 3.72. The number of hydrogen-bond donors (Lipinski definition) is 1. The molecule has 17 heavy (non-hydrogen) atoms. The SMILES string of the molecule is CCCc1ccc(N2CCC(N)CC2C)cc1. The Hall–Kier alpha value is -1.02. The molecule has 0 amide bonds. The van der Waals surface area contributed by atoms with Crippen LogP contribution in [0, 0.1) is 0 Å². The van der Waals surface area contributed by atoms with Crippen molar-refractivity contribution in [2.75, 3.05) is 11.4 Å². The number of hydrogen-bond acceptors (Lipinski definition) is 2. The number of anilines is 1. The van der Waals surface area contributed by atoms with Crippen LogP contribution in [0.25, 0.3) is 0 Å². The molecule has 0 spiro atoms. The summed E-state index contributed by atoms with van der Waals surface area (Å²) in [5.74, 6) is 0. The van der Waals surface area contributed by atoms with Crippen LogP contribution in [0.5, 0.6) is 0 Å². The van der Waals surface area contributed by atoms with Crippen molar-refractivity contribution in [2.45, 2.75) is 51.6 Å². The van der Waals surface area contributed by atoms with E-state index < -0.39 is 0 Å². The lowest BCUT2D eigenvalue weighted by atomic mass is 9.98. The topological polar surface area (TPSA) is 29.3 Å². The molecule has 1 saturated heterocycles. The predicted octanol–water partition coefficient (Wildman–Crippen LogP) is 2.96. The Balaban J connectivity index is 2.06. The second-order valence-electron chi connectivity index (χ2n) is 5.24. The van der Waals surface area contributed by atoms with Gasteiger partial charge in [-0.05, 0) is 43.9 Å². The Morgan fingerprint density at radius 2 is 2.00 bits per heavy atom. The highest BCUT2D eigenvalue weighted by Gasteiger charge is 2.22. The molecule has 2 rings (SSSR count). The largest absolute Gasteiger partial charge is 0.369 e. The van der Waals surface area contributed by atoms with Crippen molar-refractivity contribution in [1.29, 1.82) is 0 Å². The minimum atomic E-state index is 0.389. The quantitative estimate of drug-likeness (QED) is 0.868. The number of benzene rings is 1. The van der Waals surface area contributed by atoms with Crippen LogP contribution in [0.15, 0.2) is 24.3 Å². The summed E-state index contributed by atoms with van der Waals surface area (Å²) in [7, 11) is 0. The van der Waals surface area contributed by atoms with Gasteiger partial charge in [0, 0.05) is 24.3 Å². The Bertz CT molecular complexity index is 344. The lowest BCUT2D eigenvalue weighted by molar-refractivity contribution is 0.430. The van der Waals surface area contributed by atoms with E-state index in [9.17, 15) is 0 Å². The summed E-state index contributed by atoms with van der Waals surface area (Å²) in [6.07, 6.45) is 4.62. The highest BCUT2D eigenvalue weighted by Crippen LogP contribution is 2.24. The molecule has 1 aromatic rings. The van der Waals surface area contributed by atoms with E-state index in [1.807, 2.05) is 0 Å². The van der Waals surface area contributed by atoms with Crippen LogP contribution >= 0.6 is 0 Å². The maximum absolute atomic E-state index is 6.00. The van der Waals surface area contributed by atoms with E-state index in [2.05, 4.69) is 43.0 Å². The van der Waals surface area contributed by atoms with Gasteiger partial charge >= 0.3 is 0 Å². The van der Waals surface area contributed by atoms with E-state index in [-0.39, 0.29) is 0 Å². The van der Waals surface area contributed by atoms with Crippen molar-refractivity contribution in [3.63, 3.8) is 0 Å². The van der Waals surface area contributed by atoms with E-state index in [0.29, 0.717) is 12.1 Å². The van der Waals surface area contributed by atoms with Gasteiger partial charge in [0.1, 0.15) is 0 Å². The van der Waals surface area contributed by atoms with Gasteiger partial charge in [0.15, 0.2) is 0 Å². The number of piperidine rings is 1. The average molecular weight is 232 g/mol. The molecule has 0 aromatic heterocycles. The van der Waals surface area contributed by atoms with E-state index in [4.69, 9.17) is 5.73 Å². The normalized spacial score (nSPS) is 25.0. The van der Waals surface area contributed by atoms with Crippen LogP contribution in [-0.4, -0.2) is 18.6 Å². The number of nitrogens with two attached hydrogens (primary N) is 1. The molecule has 94 valence electrons. The van der Waals surface area contributed by atoms with Gasteiger partial charge < -0.3 is 10.6 Å². The molecule has 1 aliphatic heterocycles. The molecule has 2 atom stereocenters. The van der Waals surface area contributed by atoms with Crippen molar-refractivity contribution in [2.24, 2.45) is 5.73 Å². The Morgan fingerprint density at radius 1 is 1.29 bits per heavy atom. The number of aryl methyl sites for hydroxylation is 1. The highest BCUT2D eigenvalue weighted by molar-refractivity contribution is 5.49. The summed E-state index contributed by atoms with van der Waals surface area (Å²) in [4.78, 5) is 2.49. The van der Waals surface area contributed by atoms with E-state index in [1.165, 1.54) is 24.1 Å². The monoisotopic (exact) mass is 232 g/mol. The fraction of sp³-hybridized carbons (Fsp3) is 0.600. The summed E-state index contributed by atoms with van der Waals surface area (Å²) < 4.78 is 0. The summed E-state index contributed by atoms with van der Waals surface area (Å²) >= 11 is 0. The molecule has 2 heteroatoms. The van der Waals surface area contributed by atoms with Gasteiger partial charge in [-0.1, -0.05) is 25.5 Å². The predicted molar refractivity (Wildman–Crippen MR) is 74.5 cm³/mol. The van der Waals surface area contributed by atoms with Crippen molar-refractivity contribution < 1.29 is 0 Å². The van der Waals surface area contributed by atoms with Gasteiger partial charge in [-0.15, -0.1) is 0 Å². The van der Waals surface area contributed by atoms with E-state index in [0.717, 1.165) is 19.4 Å². The Kier molecular flexibility index (Phi) is 4.06. The zero-order valence-corrected chi connectivity index (χ0v) is 11.0. The molecule has 2 unspecified atom stereocenters. The third kappa shape index (κ3) is 3.01. The van der Waals surface area contributed by atoms with Gasteiger partial charge in [-0.2, -0.15) is 0 Å². The van der Waals surface area contributed by atoms with Gasteiger partial charge in [0.2, 0.25) is 0 Å². The van der Waals surface area contributed by atoms with Crippen molar-refractivity contribution >= 4 is 5.69 Å². The van der Waals surface area contributed by atoms with Crippen molar-refractivity contribution in [3.8, 4) is 0 Å². The molecule has 1 fully saturated rings. The number of nitrogens with zero attached hydrogens (tertiary/aromatic N) is 1. The van der Waals surface area contributed by atoms with Crippen LogP contribution < -0.4 is 10.6 Å². The Morgan fingerprint density at radius 3 is 2.59 bits per heavy atom. The fourth-order valence-corrected chi connectivity index (χ4v) is 2.73. The van der Waals surface area contributed by atoms with Gasteiger partial charge in [-0.25, -0.2) is 0 Å². The smallest absolute Gasteiger partial charge is 0.0368 e. The summed E-state index contributed by atoms with van der Waals surface area (Å²) in [5, 5.41) is 0. The highest BCUT2D eigenvalue weighted by atomic mass is 15.2. The fourth-order valence-electron chi connectivity index (χ4n) is 2.73. The van der Waals surface area contributed by atoms with Crippen molar-refractivity contribution in [3.05, 3.63) is 29.8 Å². The zero-order valence-electron chi connectivity index (χ0n) is 11.0. The second-order valence-corrected chi connectivity index (χ2v) is 5.24. The zero-order chi connectivity index (χ0) is 12.3. The van der Waals surface area contributed by atoms with Crippen molar-refractivity contribution in [1.82, 2.24) is 0 Å². The average Bonchev–Trinajstić information content (AvgIpc) is 2.31. The molecule has 2 nitrogen and oxygen atoms in total. The van der Waals surface area contributed by atoms with Gasteiger partial charge in [0.05, 0.1) is 0 Å². The third-order valence-corrected chi connectivity index (χ3v) is 3.72. The van der Waals surface area contributed by atoms with Crippen LogP contribution in [0.3, 0.4) is 0 Å². The van der Waals surface area contributed by atoms with E-state index >= 15 is 0 Å². The molecule has 0 aliphatic carbocycles. The minimum Gasteiger partial charge on any atom is -0.369 e. The van der Waals surface area contributed by atoms with Gasteiger partial charge in [0.25, 0.3) is 0 Å². The first-order valence-corrected chi connectivity index (χ1v) is 6.82. The van der Waals surface area contributed by atoms with Crippen LogP contribution in [-0.2, 0) is 6.42 Å². The molecule has 0 bridgehead atoms. The molecule has 0 radical (unpaired) electrons. The molecule has 1 aromatic carbocycles. The summed E-state index contributed by atoms with van der Waals surface area (Å²) in [6, 6.07) is 10.0. The molecule has 2 N–H and O–H groups in total. The first kappa shape index (κ1) is 12.4. The maximum Gasteiger partial charge on any atom is 0.0368 e. The molecule has 1 aliphatic rings. The second kappa shape index (κ2) is 5.54. The molecule has 0 saturated carbocycles. The molecular formula is C15H24N2. The summed E-state index contributed by atoms with van der Waals surface area (Å²) in [5.41, 5.74) is 8.80. The molecular weight excluding hydrogens is 208 g/mol. The Labute approximate surface area is 105 Å². The minimum absolute atomic E-state index is 0.389. The first-order valence-electron chi connectivity index (χ1n) is 6.82. The van der Waals surface area contributed by atoms with Gasteiger partial charge in [-0.3, -0.25) is 0 Å². The number of rotatable bonds is 3. The lowest BCUT2D eigenvalue weighted by Gasteiger charge is -2.38. The maximum atomic E-state index is 6.00. The first-order chi connectivity index (χ1) is 8.20. The lowest BCUT2D eigenvalue weighted by Crippen LogP contribution is -2.45. The molecule has 1 heterocycles. The van der Waals surface area contributed by atoms with Crippen LogP contribution in [0.4, 0.5) is 5.69 Å². The van der Waals surface area contributed by atoms with E-state index in [1.54, 1.807) is 0 Å². The van der Waals surface area contributed by atoms with Crippen LogP contribution in [0.2, 0.25) is 0 Å². The summed E-state index contributed by atoms with van der Waals surface area (Å²) in [6.45, 7) is 5.59.